The molecule has 1 aromatic rings. The molecule has 0 fully saturated rings. The molecule has 0 saturated carbocycles. The highest BCUT2D eigenvalue weighted by molar-refractivity contribution is 6.33. The third-order valence-electron chi connectivity index (χ3n) is 1.54. The average Bonchev–Trinajstić information content (AvgIpc) is 2.16. The van der Waals surface area contributed by atoms with Crippen molar-refractivity contribution in [3.8, 4) is 11.8 Å². The third-order valence-corrected chi connectivity index (χ3v) is 1.73. The second kappa shape index (κ2) is 4.78. The fourth-order valence-corrected chi connectivity index (χ4v) is 0.821. The summed E-state index contributed by atoms with van der Waals surface area (Å²) >= 11 is 5.51. The first kappa shape index (κ1) is 10.7. The van der Waals surface area contributed by atoms with Gasteiger partial charge in [0.15, 0.2) is 0 Å². The monoisotopic (exact) mass is 210 g/mol. The Balaban J connectivity index is 2.78. The number of carbonyl (C=O) groups is 1. The van der Waals surface area contributed by atoms with Gasteiger partial charge in [0, 0.05) is 5.56 Å². The summed E-state index contributed by atoms with van der Waals surface area (Å²) in [5.41, 5.74) is 0.595. The molecule has 0 bridgehead atoms. The van der Waals surface area contributed by atoms with Crippen molar-refractivity contribution in [1.82, 2.24) is 0 Å². The van der Waals surface area contributed by atoms with E-state index in [-0.39, 0.29) is 11.6 Å². The van der Waals surface area contributed by atoms with Crippen LogP contribution >= 0.6 is 11.6 Å². The van der Waals surface area contributed by atoms with Gasteiger partial charge < -0.3 is 0 Å². The predicted octanol–water partition coefficient (Wildman–Crippen LogP) is 2.37. The Labute approximate surface area is 86.9 Å². The standard InChI is InChI=1S/C11H8ClFO/c1-8(12)11(14)7-4-9-2-5-10(13)6-3-9/h2-3,5-6,8H,1H3. The summed E-state index contributed by atoms with van der Waals surface area (Å²) in [6.07, 6.45) is 0. The van der Waals surface area contributed by atoms with Gasteiger partial charge >= 0.3 is 0 Å². The number of Topliss-reactive ketones (excluding diaryl/α,β-unsaturated/α-hetero) is 1. The molecule has 0 aromatic heterocycles. The van der Waals surface area contributed by atoms with Crippen LogP contribution in [0.2, 0.25) is 0 Å². The number of halogens is 2. The Hall–Kier alpha value is -1.33. The highest BCUT2D eigenvalue weighted by Gasteiger charge is 2.03. The van der Waals surface area contributed by atoms with Gasteiger partial charge in [-0.1, -0.05) is 5.92 Å². The fraction of sp³-hybridized carbons (Fsp3) is 0.182. The summed E-state index contributed by atoms with van der Waals surface area (Å²) in [6, 6.07) is 5.60. The number of benzene rings is 1. The number of rotatable bonds is 1. The zero-order chi connectivity index (χ0) is 10.6. The Kier molecular flexibility index (Phi) is 3.67. The lowest BCUT2D eigenvalue weighted by molar-refractivity contribution is -0.113. The Morgan fingerprint density at radius 1 is 1.43 bits per heavy atom. The molecule has 0 amide bonds. The first-order chi connectivity index (χ1) is 6.59. The maximum atomic E-state index is 12.5. The van der Waals surface area contributed by atoms with E-state index < -0.39 is 5.38 Å². The largest absolute Gasteiger partial charge is 0.283 e. The molecule has 1 aromatic carbocycles. The van der Waals surface area contributed by atoms with Gasteiger partial charge in [0.1, 0.15) is 11.2 Å². The highest BCUT2D eigenvalue weighted by atomic mass is 35.5. The highest BCUT2D eigenvalue weighted by Crippen LogP contribution is 2.01. The molecule has 0 aliphatic carbocycles. The van der Waals surface area contributed by atoms with Crippen LogP contribution in [-0.4, -0.2) is 11.2 Å². The number of carbonyl (C=O) groups excluding carboxylic acids is 1. The molecule has 1 rings (SSSR count). The topological polar surface area (TPSA) is 17.1 Å². The number of hydrogen-bond acceptors (Lipinski definition) is 1. The predicted molar refractivity (Wildman–Crippen MR) is 53.6 cm³/mol. The molecule has 0 heterocycles. The molecule has 0 aliphatic heterocycles. The second-order valence-corrected chi connectivity index (χ2v) is 3.39. The molecule has 1 nitrogen and oxygen atoms in total. The van der Waals surface area contributed by atoms with Gasteiger partial charge in [-0.3, -0.25) is 4.79 Å². The second-order valence-electron chi connectivity index (χ2n) is 2.74. The van der Waals surface area contributed by atoms with Crippen molar-refractivity contribution in [2.75, 3.05) is 0 Å². The van der Waals surface area contributed by atoms with E-state index in [1.807, 2.05) is 0 Å². The van der Waals surface area contributed by atoms with Crippen LogP contribution in [0.4, 0.5) is 4.39 Å². The van der Waals surface area contributed by atoms with Crippen molar-refractivity contribution in [2.45, 2.75) is 12.3 Å². The van der Waals surface area contributed by atoms with Crippen molar-refractivity contribution in [3.63, 3.8) is 0 Å². The lowest BCUT2D eigenvalue weighted by atomic mass is 10.2. The summed E-state index contributed by atoms with van der Waals surface area (Å²) in [7, 11) is 0. The fourth-order valence-electron chi connectivity index (χ4n) is 0.766. The van der Waals surface area contributed by atoms with E-state index >= 15 is 0 Å². The number of alkyl halides is 1. The van der Waals surface area contributed by atoms with E-state index in [9.17, 15) is 9.18 Å². The summed E-state index contributed by atoms with van der Waals surface area (Å²) in [4.78, 5) is 11.0. The lowest BCUT2D eigenvalue weighted by Crippen LogP contribution is -2.06. The van der Waals surface area contributed by atoms with E-state index in [0.29, 0.717) is 5.56 Å². The maximum Gasteiger partial charge on any atom is 0.223 e. The molecule has 72 valence electrons. The molecule has 1 atom stereocenters. The molecule has 3 heteroatoms. The van der Waals surface area contributed by atoms with Crippen LogP contribution in [-0.2, 0) is 4.79 Å². The molecule has 0 N–H and O–H groups in total. The zero-order valence-corrected chi connectivity index (χ0v) is 8.31. The molecular formula is C11H8ClFO. The van der Waals surface area contributed by atoms with Gasteiger partial charge in [-0.25, -0.2) is 4.39 Å². The number of ketones is 1. The smallest absolute Gasteiger partial charge is 0.223 e. The van der Waals surface area contributed by atoms with Crippen LogP contribution < -0.4 is 0 Å². The summed E-state index contributed by atoms with van der Waals surface area (Å²) < 4.78 is 12.5. The van der Waals surface area contributed by atoms with Crippen LogP contribution in [0.3, 0.4) is 0 Å². The van der Waals surface area contributed by atoms with Gasteiger partial charge in [0.05, 0.1) is 0 Å². The van der Waals surface area contributed by atoms with Crippen LogP contribution in [0.1, 0.15) is 12.5 Å². The third kappa shape index (κ3) is 3.20. The van der Waals surface area contributed by atoms with E-state index in [4.69, 9.17) is 11.6 Å². The van der Waals surface area contributed by atoms with Gasteiger partial charge in [0.25, 0.3) is 0 Å². The van der Waals surface area contributed by atoms with Crippen LogP contribution in [0.15, 0.2) is 24.3 Å². The zero-order valence-electron chi connectivity index (χ0n) is 7.55. The van der Waals surface area contributed by atoms with E-state index in [1.165, 1.54) is 24.3 Å². The molecular weight excluding hydrogens is 203 g/mol. The van der Waals surface area contributed by atoms with Gasteiger partial charge in [-0.15, -0.1) is 11.6 Å². The maximum absolute atomic E-state index is 12.5. The van der Waals surface area contributed by atoms with Crippen molar-refractivity contribution in [3.05, 3.63) is 35.6 Å². The van der Waals surface area contributed by atoms with Gasteiger partial charge in [-0.2, -0.15) is 0 Å². The van der Waals surface area contributed by atoms with Gasteiger partial charge in [-0.05, 0) is 37.1 Å². The molecule has 0 spiro atoms. The molecule has 0 saturated heterocycles. The Morgan fingerprint density at radius 2 is 2.00 bits per heavy atom. The summed E-state index contributed by atoms with van der Waals surface area (Å²) in [5.74, 6) is 4.31. The van der Waals surface area contributed by atoms with Crippen LogP contribution in [0, 0.1) is 17.7 Å². The van der Waals surface area contributed by atoms with Crippen molar-refractivity contribution in [2.24, 2.45) is 0 Å². The Morgan fingerprint density at radius 3 is 2.50 bits per heavy atom. The molecule has 14 heavy (non-hydrogen) atoms. The average molecular weight is 211 g/mol. The molecule has 0 radical (unpaired) electrons. The molecule has 0 aliphatic rings. The van der Waals surface area contributed by atoms with E-state index in [0.717, 1.165) is 0 Å². The minimum absolute atomic E-state index is 0.326. The molecule has 1 unspecified atom stereocenters. The van der Waals surface area contributed by atoms with Crippen molar-refractivity contribution < 1.29 is 9.18 Å². The van der Waals surface area contributed by atoms with Crippen molar-refractivity contribution >= 4 is 17.4 Å². The van der Waals surface area contributed by atoms with Gasteiger partial charge in [0.2, 0.25) is 5.78 Å². The summed E-state index contributed by atoms with van der Waals surface area (Å²) in [5, 5.41) is -0.608. The number of hydrogen-bond donors (Lipinski definition) is 0. The first-order valence-electron chi connectivity index (χ1n) is 4.05. The SMILES string of the molecule is CC(Cl)C(=O)C#Cc1ccc(F)cc1. The summed E-state index contributed by atoms with van der Waals surface area (Å²) in [6.45, 7) is 1.56. The van der Waals surface area contributed by atoms with E-state index in [1.54, 1.807) is 6.92 Å². The van der Waals surface area contributed by atoms with E-state index in [2.05, 4.69) is 11.8 Å². The van der Waals surface area contributed by atoms with Crippen LogP contribution in [0.25, 0.3) is 0 Å². The Bertz CT molecular complexity index is 384. The van der Waals surface area contributed by atoms with Crippen molar-refractivity contribution in [1.29, 1.82) is 0 Å². The quantitative estimate of drug-likeness (QED) is 0.514. The minimum atomic E-state index is -0.608. The normalized spacial score (nSPS) is 11.4. The lowest BCUT2D eigenvalue weighted by Gasteiger charge is -1.91. The first-order valence-corrected chi connectivity index (χ1v) is 4.49. The van der Waals surface area contributed by atoms with Crippen LogP contribution in [0.5, 0.6) is 0 Å². The minimum Gasteiger partial charge on any atom is -0.283 e.